The molecule has 0 radical (unpaired) electrons. The molecule has 0 aliphatic rings. The van der Waals surface area contributed by atoms with E-state index in [4.69, 9.17) is 0 Å². The number of nitrogens with zero attached hydrogens (tertiary/aromatic N) is 4. The number of rotatable bonds is 3. The highest BCUT2D eigenvalue weighted by Gasteiger charge is 2.26. The van der Waals surface area contributed by atoms with Crippen LogP contribution < -0.4 is 4.90 Å². The Balaban J connectivity index is 3.48. The lowest BCUT2D eigenvalue weighted by atomic mass is 10.3. The van der Waals surface area contributed by atoms with Crippen molar-refractivity contribution in [2.24, 2.45) is 0 Å². The van der Waals surface area contributed by atoms with Gasteiger partial charge in [0.1, 0.15) is 12.4 Å². The SMILES string of the molecule is CN(C)c1c([N+](=O)[O-])cncc1[N+](=O)[O-]. The van der Waals surface area contributed by atoms with Crippen LogP contribution in [-0.4, -0.2) is 28.9 Å². The molecule has 0 aliphatic carbocycles. The number of nitro groups is 2. The van der Waals surface area contributed by atoms with Crippen molar-refractivity contribution in [2.45, 2.75) is 0 Å². The second-order valence-electron chi connectivity index (χ2n) is 2.94. The van der Waals surface area contributed by atoms with E-state index in [1.54, 1.807) is 0 Å². The molecule has 80 valence electrons. The van der Waals surface area contributed by atoms with Crippen molar-refractivity contribution in [3.8, 4) is 0 Å². The molecule has 0 atom stereocenters. The Morgan fingerprint density at radius 3 is 1.80 bits per heavy atom. The Morgan fingerprint density at radius 1 is 1.13 bits per heavy atom. The zero-order chi connectivity index (χ0) is 11.6. The van der Waals surface area contributed by atoms with Crippen molar-refractivity contribution in [3.05, 3.63) is 32.6 Å². The normalized spacial score (nSPS) is 9.73. The first kappa shape index (κ1) is 10.8. The molecule has 1 rings (SSSR count). The first-order valence-electron chi connectivity index (χ1n) is 3.89. The number of aromatic nitrogens is 1. The van der Waals surface area contributed by atoms with Crippen molar-refractivity contribution >= 4 is 17.1 Å². The van der Waals surface area contributed by atoms with Gasteiger partial charge in [-0.3, -0.25) is 25.2 Å². The van der Waals surface area contributed by atoms with Crippen molar-refractivity contribution in [2.75, 3.05) is 19.0 Å². The molecular formula is C7H8N4O4. The van der Waals surface area contributed by atoms with Gasteiger partial charge in [0.25, 0.3) is 0 Å². The fraction of sp³-hybridized carbons (Fsp3) is 0.286. The molecule has 0 bridgehead atoms. The molecule has 8 heteroatoms. The lowest BCUT2D eigenvalue weighted by Gasteiger charge is -2.11. The van der Waals surface area contributed by atoms with Crippen LogP contribution in [0.4, 0.5) is 17.1 Å². The smallest absolute Gasteiger partial charge is 0.317 e. The Kier molecular flexibility index (Phi) is 2.79. The predicted octanol–water partition coefficient (Wildman–Crippen LogP) is 0.964. The maximum absolute atomic E-state index is 10.6. The second-order valence-corrected chi connectivity index (χ2v) is 2.94. The number of pyridine rings is 1. The standard InChI is InChI=1S/C7H8N4O4/c1-9(2)7-5(10(12)13)3-8-4-6(7)11(14)15/h3-4H,1-2H3. The van der Waals surface area contributed by atoms with Crippen LogP contribution in [0.25, 0.3) is 0 Å². The van der Waals surface area contributed by atoms with E-state index in [1.165, 1.54) is 19.0 Å². The van der Waals surface area contributed by atoms with E-state index in [2.05, 4.69) is 4.98 Å². The maximum Gasteiger partial charge on any atom is 0.317 e. The van der Waals surface area contributed by atoms with Gasteiger partial charge in [-0.1, -0.05) is 0 Å². The second kappa shape index (κ2) is 3.86. The van der Waals surface area contributed by atoms with Gasteiger partial charge in [-0.05, 0) is 0 Å². The Bertz CT molecular complexity index is 385. The van der Waals surface area contributed by atoms with E-state index < -0.39 is 9.85 Å². The molecular weight excluding hydrogens is 204 g/mol. The Morgan fingerprint density at radius 2 is 1.53 bits per heavy atom. The molecule has 0 aromatic carbocycles. The van der Waals surface area contributed by atoms with E-state index in [0.717, 1.165) is 12.4 Å². The van der Waals surface area contributed by atoms with E-state index in [9.17, 15) is 20.2 Å². The van der Waals surface area contributed by atoms with Crippen LogP contribution in [0.3, 0.4) is 0 Å². The number of anilines is 1. The molecule has 0 saturated carbocycles. The first-order chi connectivity index (χ1) is 6.95. The van der Waals surface area contributed by atoms with Crippen LogP contribution in [0.2, 0.25) is 0 Å². The molecule has 0 spiro atoms. The van der Waals surface area contributed by atoms with Gasteiger partial charge in [0.2, 0.25) is 0 Å². The third-order valence-electron chi connectivity index (χ3n) is 1.72. The van der Waals surface area contributed by atoms with E-state index in [0.29, 0.717) is 0 Å². The average Bonchev–Trinajstić information content (AvgIpc) is 2.16. The van der Waals surface area contributed by atoms with E-state index in [-0.39, 0.29) is 17.1 Å². The summed E-state index contributed by atoms with van der Waals surface area (Å²) in [6, 6.07) is 0. The molecule has 8 nitrogen and oxygen atoms in total. The topological polar surface area (TPSA) is 102 Å². The fourth-order valence-corrected chi connectivity index (χ4v) is 1.16. The van der Waals surface area contributed by atoms with Gasteiger partial charge in [-0.15, -0.1) is 0 Å². The van der Waals surface area contributed by atoms with Crippen LogP contribution in [0.15, 0.2) is 12.4 Å². The average molecular weight is 212 g/mol. The van der Waals surface area contributed by atoms with Gasteiger partial charge >= 0.3 is 11.4 Å². The number of hydrogen-bond donors (Lipinski definition) is 0. The maximum atomic E-state index is 10.6. The zero-order valence-electron chi connectivity index (χ0n) is 8.08. The Hall–Kier alpha value is -2.25. The van der Waals surface area contributed by atoms with Gasteiger partial charge in [0.15, 0.2) is 5.69 Å². The summed E-state index contributed by atoms with van der Waals surface area (Å²) in [7, 11) is 2.99. The molecule has 1 aromatic heterocycles. The largest absolute Gasteiger partial charge is 0.366 e. The van der Waals surface area contributed by atoms with Crippen LogP contribution in [0.5, 0.6) is 0 Å². The highest BCUT2D eigenvalue weighted by molar-refractivity contribution is 5.72. The fourth-order valence-electron chi connectivity index (χ4n) is 1.16. The zero-order valence-corrected chi connectivity index (χ0v) is 8.08. The van der Waals surface area contributed by atoms with Crippen molar-refractivity contribution < 1.29 is 9.85 Å². The molecule has 1 aromatic rings. The molecule has 0 amide bonds. The molecule has 1 heterocycles. The third-order valence-corrected chi connectivity index (χ3v) is 1.72. The van der Waals surface area contributed by atoms with Crippen LogP contribution in [-0.2, 0) is 0 Å². The van der Waals surface area contributed by atoms with Crippen LogP contribution in [0.1, 0.15) is 0 Å². The molecule has 0 saturated heterocycles. The summed E-state index contributed by atoms with van der Waals surface area (Å²) in [4.78, 5) is 24.6. The number of hydrogen-bond acceptors (Lipinski definition) is 6. The van der Waals surface area contributed by atoms with Gasteiger partial charge in [0, 0.05) is 14.1 Å². The Labute approximate surface area is 84.4 Å². The molecule has 0 fully saturated rings. The first-order valence-corrected chi connectivity index (χ1v) is 3.89. The summed E-state index contributed by atoms with van der Waals surface area (Å²) in [5.74, 6) is 0. The lowest BCUT2D eigenvalue weighted by Crippen LogP contribution is -2.13. The quantitative estimate of drug-likeness (QED) is 0.546. The summed E-state index contributed by atoms with van der Waals surface area (Å²) >= 11 is 0. The minimum absolute atomic E-state index is 0.0556. The van der Waals surface area contributed by atoms with Crippen molar-refractivity contribution in [3.63, 3.8) is 0 Å². The van der Waals surface area contributed by atoms with E-state index in [1.807, 2.05) is 0 Å². The molecule has 0 unspecified atom stereocenters. The van der Waals surface area contributed by atoms with Gasteiger partial charge in [-0.2, -0.15) is 0 Å². The van der Waals surface area contributed by atoms with Gasteiger partial charge < -0.3 is 4.90 Å². The van der Waals surface area contributed by atoms with Crippen molar-refractivity contribution in [1.29, 1.82) is 0 Å². The molecule has 15 heavy (non-hydrogen) atoms. The third kappa shape index (κ3) is 1.98. The molecule has 0 aliphatic heterocycles. The summed E-state index contributed by atoms with van der Waals surface area (Å²) in [5.41, 5.74) is -0.816. The monoisotopic (exact) mass is 212 g/mol. The summed E-state index contributed by atoms with van der Waals surface area (Å²) in [5, 5.41) is 21.2. The minimum Gasteiger partial charge on any atom is -0.366 e. The minimum atomic E-state index is -0.699. The van der Waals surface area contributed by atoms with Crippen molar-refractivity contribution in [1.82, 2.24) is 4.98 Å². The summed E-state index contributed by atoms with van der Waals surface area (Å²) in [6.07, 6.45) is 1.98. The summed E-state index contributed by atoms with van der Waals surface area (Å²) < 4.78 is 0. The highest BCUT2D eigenvalue weighted by Crippen LogP contribution is 2.34. The highest BCUT2D eigenvalue weighted by atomic mass is 16.6. The predicted molar refractivity (Wildman–Crippen MR) is 51.9 cm³/mol. The van der Waals surface area contributed by atoms with Crippen LogP contribution in [0, 0.1) is 20.2 Å². The van der Waals surface area contributed by atoms with E-state index >= 15 is 0 Å². The molecule has 0 N–H and O–H groups in total. The van der Waals surface area contributed by atoms with Crippen LogP contribution >= 0.6 is 0 Å². The van der Waals surface area contributed by atoms with Gasteiger partial charge in [0.05, 0.1) is 9.85 Å². The lowest BCUT2D eigenvalue weighted by molar-refractivity contribution is -0.393. The summed E-state index contributed by atoms with van der Waals surface area (Å²) in [6.45, 7) is 0. The van der Waals surface area contributed by atoms with Gasteiger partial charge in [-0.25, -0.2) is 0 Å².